The van der Waals surface area contributed by atoms with Crippen LogP contribution < -0.4 is 10.6 Å². The molecule has 2 N–H and O–H groups in total. The minimum atomic E-state index is -1.11. The van der Waals surface area contributed by atoms with Gasteiger partial charge in [0.1, 0.15) is 11.9 Å². The molecule has 0 aliphatic carbocycles. The summed E-state index contributed by atoms with van der Waals surface area (Å²) in [6.45, 7) is 4.95. The predicted octanol–water partition coefficient (Wildman–Crippen LogP) is 3.08. The number of halogens is 1. The average molecular weight is 400 g/mol. The van der Waals surface area contributed by atoms with Crippen LogP contribution in [0.25, 0.3) is 0 Å². The molecule has 2 amide bonds. The van der Waals surface area contributed by atoms with Crippen molar-refractivity contribution in [3.8, 4) is 0 Å². The summed E-state index contributed by atoms with van der Waals surface area (Å²) in [7, 11) is 0. The molecule has 0 radical (unpaired) electrons. The van der Waals surface area contributed by atoms with Gasteiger partial charge in [0.05, 0.1) is 6.42 Å². The lowest BCUT2D eigenvalue weighted by atomic mass is 10.0. The van der Waals surface area contributed by atoms with Crippen LogP contribution in [0.5, 0.6) is 0 Å². The zero-order valence-electron chi connectivity index (χ0n) is 16.6. The molecule has 0 aromatic heterocycles. The summed E-state index contributed by atoms with van der Waals surface area (Å²) in [5.74, 6) is -2.34. The van der Waals surface area contributed by atoms with Crippen molar-refractivity contribution in [2.45, 2.75) is 39.3 Å². The zero-order chi connectivity index (χ0) is 21.4. The number of rotatable bonds is 8. The average Bonchev–Trinajstić information content (AvgIpc) is 2.66. The third-order valence-corrected chi connectivity index (χ3v) is 4.20. The summed E-state index contributed by atoms with van der Waals surface area (Å²) >= 11 is 0. The number of carbonyl (C=O) groups excluding carboxylic acids is 3. The fourth-order valence-corrected chi connectivity index (χ4v) is 2.61. The first-order valence-electron chi connectivity index (χ1n) is 9.36. The van der Waals surface area contributed by atoms with E-state index in [1.54, 1.807) is 13.8 Å². The van der Waals surface area contributed by atoms with Gasteiger partial charge in [-0.3, -0.25) is 9.59 Å². The smallest absolute Gasteiger partial charge is 0.329 e. The summed E-state index contributed by atoms with van der Waals surface area (Å²) in [6.07, 6.45) is -0.981. The van der Waals surface area contributed by atoms with E-state index < -0.39 is 29.8 Å². The van der Waals surface area contributed by atoms with Crippen molar-refractivity contribution in [3.05, 3.63) is 66.0 Å². The third kappa shape index (κ3) is 7.03. The van der Waals surface area contributed by atoms with Gasteiger partial charge in [-0.15, -0.1) is 0 Å². The number of esters is 1. The van der Waals surface area contributed by atoms with Gasteiger partial charge in [-0.25, -0.2) is 9.18 Å². The molecule has 0 bridgehead atoms. The molecule has 0 aliphatic heterocycles. The molecule has 0 fully saturated rings. The van der Waals surface area contributed by atoms with E-state index in [9.17, 15) is 18.8 Å². The highest BCUT2D eigenvalue weighted by atomic mass is 19.1. The van der Waals surface area contributed by atoms with Gasteiger partial charge in [0.25, 0.3) is 5.91 Å². The number of nitrogens with one attached hydrogen (secondary N) is 2. The fraction of sp³-hybridized carbons (Fsp3) is 0.318. The van der Waals surface area contributed by atoms with E-state index in [0.29, 0.717) is 0 Å². The molecule has 2 aromatic rings. The van der Waals surface area contributed by atoms with Crippen molar-refractivity contribution < 1.29 is 23.5 Å². The first-order valence-corrected chi connectivity index (χ1v) is 9.36. The normalized spacial score (nSPS) is 12.7. The Morgan fingerprint density at radius 2 is 1.69 bits per heavy atom. The van der Waals surface area contributed by atoms with Crippen LogP contribution in [0.15, 0.2) is 54.6 Å². The maximum absolute atomic E-state index is 13.2. The second-order valence-corrected chi connectivity index (χ2v) is 7.03. The summed E-state index contributed by atoms with van der Waals surface area (Å²) in [5, 5.41) is 5.16. The Morgan fingerprint density at radius 3 is 2.31 bits per heavy atom. The molecule has 7 heteroatoms. The number of benzene rings is 2. The van der Waals surface area contributed by atoms with Crippen LogP contribution in [0.4, 0.5) is 10.1 Å². The Bertz CT molecular complexity index is 855. The minimum Gasteiger partial charge on any atom is -0.451 e. The quantitative estimate of drug-likeness (QED) is 0.667. The first-order chi connectivity index (χ1) is 13.8. The summed E-state index contributed by atoms with van der Waals surface area (Å²) in [5.41, 5.74) is 1.08. The van der Waals surface area contributed by atoms with Crippen LogP contribution in [0.1, 0.15) is 26.3 Å². The Balaban J connectivity index is 1.93. The highest BCUT2D eigenvalue weighted by molar-refractivity contribution is 5.95. The third-order valence-electron chi connectivity index (χ3n) is 4.20. The van der Waals surface area contributed by atoms with Crippen LogP contribution in [-0.4, -0.2) is 29.9 Å². The van der Waals surface area contributed by atoms with Crippen LogP contribution >= 0.6 is 0 Å². The van der Waals surface area contributed by atoms with Gasteiger partial charge in [0.2, 0.25) is 5.91 Å². The van der Waals surface area contributed by atoms with Crippen LogP contribution in [-0.2, 0) is 25.5 Å². The standard InChI is InChI=1S/C22H25FN2O4/c1-14(2)20(25-19(26)12-16-8-5-4-6-9-16)22(28)29-15(3)21(27)24-18-11-7-10-17(23)13-18/h4-11,13-15,20H,12H2,1-3H3,(H,24,27)(H,25,26)/t15-,20+/m1/s1. The SMILES string of the molecule is CC(C)[C@H](NC(=O)Cc1ccccc1)C(=O)O[C@H](C)C(=O)Nc1cccc(F)c1. The van der Waals surface area contributed by atoms with Crippen molar-refractivity contribution in [2.24, 2.45) is 5.92 Å². The fourth-order valence-electron chi connectivity index (χ4n) is 2.61. The number of amides is 2. The Labute approximate surface area is 169 Å². The van der Waals surface area contributed by atoms with Crippen LogP contribution in [0.2, 0.25) is 0 Å². The van der Waals surface area contributed by atoms with Gasteiger partial charge < -0.3 is 15.4 Å². The summed E-state index contributed by atoms with van der Waals surface area (Å²) in [4.78, 5) is 37.0. The largest absolute Gasteiger partial charge is 0.451 e. The van der Waals surface area contributed by atoms with Crippen molar-refractivity contribution in [1.82, 2.24) is 5.32 Å². The van der Waals surface area contributed by atoms with Gasteiger partial charge in [-0.2, -0.15) is 0 Å². The summed E-state index contributed by atoms with van der Waals surface area (Å²) < 4.78 is 18.5. The van der Waals surface area contributed by atoms with Crippen molar-refractivity contribution in [1.29, 1.82) is 0 Å². The minimum absolute atomic E-state index is 0.132. The maximum Gasteiger partial charge on any atom is 0.329 e. The lowest BCUT2D eigenvalue weighted by Crippen LogP contribution is -2.47. The first kappa shape index (κ1) is 22.1. The number of anilines is 1. The number of carbonyl (C=O) groups is 3. The van der Waals surface area contributed by atoms with Crippen molar-refractivity contribution >= 4 is 23.5 Å². The molecule has 2 atom stereocenters. The van der Waals surface area contributed by atoms with Gasteiger partial charge in [-0.1, -0.05) is 50.2 Å². The molecular formula is C22H25FN2O4. The van der Waals surface area contributed by atoms with Crippen molar-refractivity contribution in [3.63, 3.8) is 0 Å². The molecule has 154 valence electrons. The molecule has 0 heterocycles. The monoisotopic (exact) mass is 400 g/mol. The zero-order valence-corrected chi connectivity index (χ0v) is 16.6. The molecule has 6 nitrogen and oxygen atoms in total. The van der Waals surface area contributed by atoms with Gasteiger partial charge in [0, 0.05) is 5.69 Å². The number of ether oxygens (including phenoxy) is 1. The Kier molecular flexibility index (Phi) is 7.88. The second kappa shape index (κ2) is 10.4. The molecule has 2 rings (SSSR count). The van der Waals surface area contributed by atoms with E-state index in [4.69, 9.17) is 4.74 Å². The maximum atomic E-state index is 13.2. The molecule has 29 heavy (non-hydrogen) atoms. The Hall–Kier alpha value is -3.22. The summed E-state index contributed by atoms with van der Waals surface area (Å²) in [6, 6.07) is 13.7. The predicted molar refractivity (Wildman–Crippen MR) is 107 cm³/mol. The van der Waals surface area contributed by atoms with E-state index in [0.717, 1.165) is 11.6 Å². The second-order valence-electron chi connectivity index (χ2n) is 7.03. The highest BCUT2D eigenvalue weighted by Gasteiger charge is 2.29. The van der Waals surface area contributed by atoms with E-state index in [-0.39, 0.29) is 23.9 Å². The molecule has 0 saturated carbocycles. The lowest BCUT2D eigenvalue weighted by Gasteiger charge is -2.23. The molecular weight excluding hydrogens is 375 g/mol. The Morgan fingerprint density at radius 1 is 1.00 bits per heavy atom. The van der Waals surface area contributed by atoms with Gasteiger partial charge in [0.15, 0.2) is 6.10 Å². The number of hydrogen-bond acceptors (Lipinski definition) is 4. The van der Waals surface area contributed by atoms with E-state index >= 15 is 0 Å². The molecule has 0 saturated heterocycles. The van der Waals surface area contributed by atoms with Crippen LogP contribution in [0, 0.1) is 11.7 Å². The van der Waals surface area contributed by atoms with E-state index in [2.05, 4.69) is 10.6 Å². The highest BCUT2D eigenvalue weighted by Crippen LogP contribution is 2.12. The molecule has 0 unspecified atom stereocenters. The number of hydrogen-bond donors (Lipinski definition) is 2. The van der Waals surface area contributed by atoms with Gasteiger partial charge in [-0.05, 0) is 36.6 Å². The lowest BCUT2D eigenvalue weighted by molar-refractivity contribution is -0.157. The van der Waals surface area contributed by atoms with Crippen molar-refractivity contribution in [2.75, 3.05) is 5.32 Å². The van der Waals surface area contributed by atoms with E-state index in [1.165, 1.54) is 25.1 Å². The molecule has 0 aliphatic rings. The van der Waals surface area contributed by atoms with Gasteiger partial charge >= 0.3 is 5.97 Å². The van der Waals surface area contributed by atoms with Crippen LogP contribution in [0.3, 0.4) is 0 Å². The molecule has 0 spiro atoms. The molecule has 2 aromatic carbocycles. The topological polar surface area (TPSA) is 84.5 Å². The van der Waals surface area contributed by atoms with E-state index in [1.807, 2.05) is 30.3 Å².